The van der Waals surface area contributed by atoms with Crippen molar-refractivity contribution in [3.8, 4) is 0 Å². The SMILES string of the molecule is Cc1nccc(C2CCN(C(=O)c3cn4c5c(cccc5c3=O)CC4)CC2)n1. The zero-order valence-electron chi connectivity index (χ0n) is 15.9. The summed E-state index contributed by atoms with van der Waals surface area (Å²) in [5.41, 5.74) is 3.37. The summed E-state index contributed by atoms with van der Waals surface area (Å²) in [7, 11) is 0. The van der Waals surface area contributed by atoms with Gasteiger partial charge < -0.3 is 9.47 Å². The standard InChI is InChI=1S/C22H22N4O2/c1-14-23-9-5-19(24-14)15-6-10-25(11-7-15)22(28)18-13-26-12-8-16-3-2-4-17(20(16)26)21(18)27/h2-5,9,13,15H,6-8,10-12H2,1H3. The number of hydrogen-bond acceptors (Lipinski definition) is 4. The first-order chi connectivity index (χ1) is 13.6. The Hall–Kier alpha value is -3.02. The van der Waals surface area contributed by atoms with Crippen LogP contribution in [0.1, 0.15) is 46.2 Å². The quantitative estimate of drug-likeness (QED) is 0.692. The fraction of sp³-hybridized carbons (Fsp3) is 0.364. The number of likely N-dealkylation sites (tertiary alicyclic amines) is 1. The van der Waals surface area contributed by atoms with Crippen molar-refractivity contribution in [3.63, 3.8) is 0 Å². The number of benzene rings is 1. The van der Waals surface area contributed by atoms with E-state index in [4.69, 9.17) is 0 Å². The fourth-order valence-electron chi connectivity index (χ4n) is 4.56. The third-order valence-electron chi connectivity index (χ3n) is 6.03. The third kappa shape index (κ3) is 2.71. The molecule has 0 aliphatic carbocycles. The average Bonchev–Trinajstić information content (AvgIpc) is 3.14. The molecule has 2 aliphatic heterocycles. The van der Waals surface area contributed by atoms with Crippen LogP contribution in [0.5, 0.6) is 0 Å². The molecule has 0 atom stereocenters. The maximum Gasteiger partial charge on any atom is 0.259 e. The number of piperidine rings is 1. The number of para-hydroxylation sites is 1. The maximum atomic E-state index is 13.1. The summed E-state index contributed by atoms with van der Waals surface area (Å²) < 4.78 is 2.07. The Morgan fingerprint density at radius 2 is 1.96 bits per heavy atom. The molecule has 0 radical (unpaired) electrons. The third-order valence-corrected chi connectivity index (χ3v) is 6.03. The largest absolute Gasteiger partial charge is 0.346 e. The topological polar surface area (TPSA) is 68.1 Å². The number of pyridine rings is 1. The summed E-state index contributed by atoms with van der Waals surface area (Å²) in [4.78, 5) is 36.6. The summed E-state index contributed by atoms with van der Waals surface area (Å²) in [6.45, 7) is 4.00. The molecule has 0 bridgehead atoms. The van der Waals surface area contributed by atoms with Gasteiger partial charge >= 0.3 is 0 Å². The highest BCUT2D eigenvalue weighted by molar-refractivity contribution is 5.98. The molecule has 3 aromatic rings. The molecular weight excluding hydrogens is 352 g/mol. The molecule has 2 aromatic heterocycles. The maximum absolute atomic E-state index is 13.1. The summed E-state index contributed by atoms with van der Waals surface area (Å²) in [6, 6.07) is 7.78. The van der Waals surface area contributed by atoms with Crippen molar-refractivity contribution in [1.29, 1.82) is 0 Å². The van der Waals surface area contributed by atoms with Crippen LogP contribution in [0.2, 0.25) is 0 Å². The van der Waals surface area contributed by atoms with E-state index in [-0.39, 0.29) is 11.3 Å². The molecular formula is C22H22N4O2. The number of carbonyl (C=O) groups is 1. The number of nitrogens with zero attached hydrogens (tertiary/aromatic N) is 4. The van der Waals surface area contributed by atoms with E-state index in [1.807, 2.05) is 30.0 Å². The number of carbonyl (C=O) groups excluding carboxylic acids is 1. The van der Waals surface area contributed by atoms with Crippen LogP contribution in [0, 0.1) is 6.92 Å². The van der Waals surface area contributed by atoms with Crippen molar-refractivity contribution in [2.24, 2.45) is 0 Å². The first kappa shape index (κ1) is 17.1. The second-order valence-corrected chi connectivity index (χ2v) is 7.72. The van der Waals surface area contributed by atoms with Crippen LogP contribution >= 0.6 is 0 Å². The number of hydrogen-bond donors (Lipinski definition) is 0. The highest BCUT2D eigenvalue weighted by atomic mass is 16.2. The molecule has 1 amide bonds. The Kier molecular flexibility index (Phi) is 4.00. The molecule has 2 aliphatic rings. The van der Waals surface area contributed by atoms with E-state index in [1.165, 1.54) is 5.56 Å². The minimum atomic E-state index is -0.148. The average molecular weight is 374 g/mol. The van der Waals surface area contributed by atoms with Gasteiger partial charge in [-0.25, -0.2) is 9.97 Å². The predicted octanol–water partition coefficient (Wildman–Crippen LogP) is 2.68. The molecule has 0 unspecified atom stereocenters. The van der Waals surface area contributed by atoms with E-state index >= 15 is 0 Å². The molecule has 1 saturated heterocycles. The van der Waals surface area contributed by atoms with Gasteiger partial charge in [0.15, 0.2) is 0 Å². The summed E-state index contributed by atoms with van der Waals surface area (Å²) in [6.07, 6.45) is 6.19. The van der Waals surface area contributed by atoms with Crippen LogP contribution in [0.4, 0.5) is 0 Å². The Morgan fingerprint density at radius 3 is 2.75 bits per heavy atom. The number of aryl methyl sites for hydroxylation is 3. The Labute approximate surface area is 162 Å². The first-order valence-electron chi connectivity index (χ1n) is 9.85. The van der Waals surface area contributed by atoms with Crippen molar-refractivity contribution in [1.82, 2.24) is 19.4 Å². The lowest BCUT2D eigenvalue weighted by molar-refractivity contribution is 0.0710. The van der Waals surface area contributed by atoms with Crippen LogP contribution < -0.4 is 5.43 Å². The van der Waals surface area contributed by atoms with Crippen molar-refractivity contribution >= 4 is 16.8 Å². The van der Waals surface area contributed by atoms with Crippen LogP contribution in [-0.4, -0.2) is 38.4 Å². The van der Waals surface area contributed by atoms with Crippen molar-refractivity contribution in [2.45, 2.75) is 38.6 Å². The summed E-state index contributed by atoms with van der Waals surface area (Å²) in [5.74, 6) is 0.964. The first-order valence-corrected chi connectivity index (χ1v) is 9.85. The lowest BCUT2D eigenvalue weighted by Gasteiger charge is -2.31. The molecule has 0 spiro atoms. The number of amides is 1. The molecule has 5 rings (SSSR count). The van der Waals surface area contributed by atoms with Crippen molar-refractivity contribution in [3.05, 3.63) is 69.5 Å². The van der Waals surface area contributed by atoms with Gasteiger partial charge in [-0.05, 0) is 43.9 Å². The van der Waals surface area contributed by atoms with Crippen LogP contribution in [0.15, 0.2) is 41.5 Å². The smallest absolute Gasteiger partial charge is 0.259 e. The minimum Gasteiger partial charge on any atom is -0.346 e. The zero-order chi connectivity index (χ0) is 19.3. The van der Waals surface area contributed by atoms with Gasteiger partial charge in [0.05, 0.1) is 5.52 Å². The summed E-state index contributed by atoms with van der Waals surface area (Å²) >= 11 is 0. The molecule has 6 heteroatoms. The van der Waals surface area contributed by atoms with Gasteiger partial charge in [0.25, 0.3) is 5.91 Å². The fourth-order valence-corrected chi connectivity index (χ4v) is 4.56. The molecule has 4 heterocycles. The van der Waals surface area contributed by atoms with Gasteiger partial charge in [-0.1, -0.05) is 12.1 Å². The summed E-state index contributed by atoms with van der Waals surface area (Å²) in [5, 5.41) is 0.659. The van der Waals surface area contributed by atoms with E-state index in [1.54, 1.807) is 12.4 Å². The molecule has 142 valence electrons. The van der Waals surface area contributed by atoms with Gasteiger partial charge in [-0.15, -0.1) is 0 Å². The van der Waals surface area contributed by atoms with Gasteiger partial charge in [0.2, 0.25) is 5.43 Å². The van der Waals surface area contributed by atoms with Crippen LogP contribution in [0.3, 0.4) is 0 Å². The number of rotatable bonds is 2. The van der Waals surface area contributed by atoms with Crippen LogP contribution in [-0.2, 0) is 13.0 Å². The highest BCUT2D eigenvalue weighted by Gasteiger charge is 2.28. The van der Waals surface area contributed by atoms with E-state index in [0.29, 0.717) is 30.0 Å². The Bertz CT molecular complexity index is 1140. The highest BCUT2D eigenvalue weighted by Crippen LogP contribution is 2.28. The van der Waals surface area contributed by atoms with Gasteiger partial charge in [0.1, 0.15) is 11.4 Å². The molecule has 0 saturated carbocycles. The van der Waals surface area contributed by atoms with Gasteiger partial charge in [-0.2, -0.15) is 0 Å². The number of aromatic nitrogens is 3. The van der Waals surface area contributed by atoms with Gasteiger partial charge in [0, 0.05) is 49.0 Å². The van der Waals surface area contributed by atoms with E-state index < -0.39 is 0 Å². The zero-order valence-corrected chi connectivity index (χ0v) is 15.9. The van der Waals surface area contributed by atoms with E-state index in [9.17, 15) is 9.59 Å². The lowest BCUT2D eigenvalue weighted by atomic mass is 9.93. The Balaban J connectivity index is 1.40. The lowest BCUT2D eigenvalue weighted by Crippen LogP contribution is -2.40. The predicted molar refractivity (Wildman–Crippen MR) is 107 cm³/mol. The molecule has 1 fully saturated rings. The second-order valence-electron chi connectivity index (χ2n) is 7.72. The second kappa shape index (κ2) is 6.55. The van der Waals surface area contributed by atoms with E-state index in [2.05, 4.69) is 20.6 Å². The van der Waals surface area contributed by atoms with Crippen molar-refractivity contribution in [2.75, 3.05) is 13.1 Å². The normalized spacial score (nSPS) is 16.7. The van der Waals surface area contributed by atoms with Crippen molar-refractivity contribution < 1.29 is 4.79 Å². The molecule has 6 nitrogen and oxygen atoms in total. The molecule has 0 N–H and O–H groups in total. The minimum absolute atomic E-state index is 0.145. The van der Waals surface area contributed by atoms with E-state index in [0.717, 1.165) is 42.8 Å². The molecule has 28 heavy (non-hydrogen) atoms. The van der Waals surface area contributed by atoms with Crippen LogP contribution in [0.25, 0.3) is 10.9 Å². The van der Waals surface area contributed by atoms with Gasteiger partial charge in [-0.3, -0.25) is 9.59 Å². The molecule has 1 aromatic carbocycles. The Morgan fingerprint density at radius 1 is 1.14 bits per heavy atom. The monoisotopic (exact) mass is 374 g/mol.